The molecule has 1 atom stereocenters. The molecule has 20 heavy (non-hydrogen) atoms. The van der Waals surface area contributed by atoms with Crippen LogP contribution in [0.15, 0.2) is 57.9 Å². The first kappa shape index (κ1) is 15.5. The molecule has 4 heteroatoms. The van der Waals surface area contributed by atoms with Gasteiger partial charge in [0.1, 0.15) is 5.82 Å². The lowest BCUT2D eigenvalue weighted by Crippen LogP contribution is -2.30. The number of halogens is 2. The smallest absolute Gasteiger partial charge is 0.126 e. The van der Waals surface area contributed by atoms with Crippen LogP contribution in [0.5, 0.6) is 0 Å². The maximum atomic E-state index is 13.7. The van der Waals surface area contributed by atoms with Crippen molar-refractivity contribution in [1.29, 1.82) is 0 Å². The van der Waals surface area contributed by atoms with Crippen LogP contribution in [0.2, 0.25) is 0 Å². The fourth-order valence-electron chi connectivity index (χ4n) is 1.90. The molecule has 0 saturated carbocycles. The van der Waals surface area contributed by atoms with Crippen LogP contribution in [-0.2, 0) is 6.42 Å². The van der Waals surface area contributed by atoms with Gasteiger partial charge in [-0.2, -0.15) is 0 Å². The van der Waals surface area contributed by atoms with Crippen molar-refractivity contribution in [1.82, 2.24) is 5.32 Å². The Labute approximate surface area is 132 Å². The highest BCUT2D eigenvalue weighted by Gasteiger charge is 2.10. The Morgan fingerprint density at radius 2 is 1.85 bits per heavy atom. The number of hydrogen-bond acceptors (Lipinski definition) is 2. The third-order valence-corrected chi connectivity index (χ3v) is 4.80. The second-order valence-electron chi connectivity index (χ2n) is 4.55. The summed E-state index contributed by atoms with van der Waals surface area (Å²) < 4.78 is 14.7. The molecule has 1 nitrogen and oxygen atoms in total. The van der Waals surface area contributed by atoms with Crippen LogP contribution in [0.4, 0.5) is 4.39 Å². The topological polar surface area (TPSA) is 12.0 Å². The van der Waals surface area contributed by atoms with Gasteiger partial charge in [0.15, 0.2) is 0 Å². The summed E-state index contributed by atoms with van der Waals surface area (Å²) in [5.41, 5.74) is 0.767. The van der Waals surface area contributed by atoms with Crippen molar-refractivity contribution in [3.8, 4) is 0 Å². The summed E-state index contributed by atoms with van der Waals surface area (Å²) in [6, 6.07) is 15.5. The quantitative estimate of drug-likeness (QED) is 0.766. The van der Waals surface area contributed by atoms with Gasteiger partial charge in [-0.05, 0) is 49.4 Å². The van der Waals surface area contributed by atoms with Gasteiger partial charge in [-0.25, -0.2) is 4.39 Å². The maximum Gasteiger partial charge on any atom is 0.126 e. The lowest BCUT2D eigenvalue weighted by atomic mass is 10.1. The first-order valence-corrected chi connectivity index (χ1v) is 8.26. The number of thioether (sulfide) groups is 1. The van der Waals surface area contributed by atoms with Crippen molar-refractivity contribution in [3.05, 3.63) is 64.4 Å². The van der Waals surface area contributed by atoms with Gasteiger partial charge in [-0.3, -0.25) is 0 Å². The van der Waals surface area contributed by atoms with Crippen molar-refractivity contribution < 1.29 is 4.39 Å². The summed E-state index contributed by atoms with van der Waals surface area (Å²) in [6.07, 6.45) is 0.701. The van der Waals surface area contributed by atoms with Crippen LogP contribution >= 0.6 is 27.7 Å². The standard InChI is InChI=1S/C16H17BrFNS/c1-19-14(10-12-4-2-3-5-16(12)18)11-20-15-8-6-13(17)7-9-15/h2-9,14,19H,10-11H2,1H3. The molecule has 1 N–H and O–H groups in total. The summed E-state index contributed by atoms with van der Waals surface area (Å²) in [4.78, 5) is 1.22. The van der Waals surface area contributed by atoms with Crippen molar-refractivity contribution in [3.63, 3.8) is 0 Å². The number of rotatable bonds is 6. The monoisotopic (exact) mass is 353 g/mol. The molecule has 0 aromatic heterocycles. The second-order valence-corrected chi connectivity index (χ2v) is 6.56. The van der Waals surface area contributed by atoms with E-state index in [0.29, 0.717) is 6.42 Å². The van der Waals surface area contributed by atoms with Crippen molar-refractivity contribution >= 4 is 27.7 Å². The van der Waals surface area contributed by atoms with Crippen LogP contribution in [0.1, 0.15) is 5.56 Å². The zero-order chi connectivity index (χ0) is 14.4. The van der Waals surface area contributed by atoms with Gasteiger partial charge >= 0.3 is 0 Å². The lowest BCUT2D eigenvalue weighted by molar-refractivity contribution is 0.568. The molecule has 0 fully saturated rings. The Bertz CT molecular complexity index is 544. The molecular formula is C16H17BrFNS. The summed E-state index contributed by atoms with van der Waals surface area (Å²) in [6.45, 7) is 0. The molecule has 0 heterocycles. The van der Waals surface area contributed by atoms with Gasteiger partial charge in [-0.15, -0.1) is 11.8 Å². The number of nitrogens with one attached hydrogen (secondary N) is 1. The van der Waals surface area contributed by atoms with E-state index in [-0.39, 0.29) is 11.9 Å². The average molecular weight is 354 g/mol. The molecule has 0 aliphatic rings. The number of likely N-dealkylation sites (N-methyl/N-ethyl adjacent to an activating group) is 1. The molecule has 0 saturated heterocycles. The molecule has 106 valence electrons. The largest absolute Gasteiger partial charge is 0.316 e. The number of benzene rings is 2. The SMILES string of the molecule is CNC(CSc1ccc(Br)cc1)Cc1ccccc1F. The average Bonchev–Trinajstić information content (AvgIpc) is 2.47. The van der Waals surface area contributed by atoms with E-state index < -0.39 is 0 Å². The number of hydrogen-bond donors (Lipinski definition) is 1. The van der Waals surface area contributed by atoms with Gasteiger partial charge in [0.2, 0.25) is 0 Å². The first-order chi connectivity index (χ1) is 9.69. The molecule has 0 aliphatic carbocycles. The van der Waals surface area contributed by atoms with Crippen molar-refractivity contribution in [2.75, 3.05) is 12.8 Å². The summed E-state index contributed by atoms with van der Waals surface area (Å²) in [5.74, 6) is 0.785. The molecule has 0 aliphatic heterocycles. The minimum atomic E-state index is -0.124. The predicted octanol–water partition coefficient (Wildman–Crippen LogP) is 4.51. The Hall–Kier alpha value is -0.840. The lowest BCUT2D eigenvalue weighted by Gasteiger charge is -2.16. The molecule has 2 rings (SSSR count). The molecule has 2 aromatic rings. The third kappa shape index (κ3) is 4.62. The van der Waals surface area contributed by atoms with E-state index in [1.807, 2.05) is 31.3 Å². The van der Waals surface area contributed by atoms with Gasteiger partial charge in [0, 0.05) is 21.2 Å². The van der Waals surface area contributed by atoms with Crippen molar-refractivity contribution in [2.24, 2.45) is 0 Å². The molecule has 2 aromatic carbocycles. The highest BCUT2D eigenvalue weighted by molar-refractivity contribution is 9.10. The van der Waals surface area contributed by atoms with Gasteiger partial charge < -0.3 is 5.32 Å². The van der Waals surface area contributed by atoms with E-state index in [1.165, 1.54) is 11.0 Å². The molecule has 0 radical (unpaired) electrons. The Morgan fingerprint density at radius 3 is 2.50 bits per heavy atom. The maximum absolute atomic E-state index is 13.7. The first-order valence-electron chi connectivity index (χ1n) is 6.48. The zero-order valence-electron chi connectivity index (χ0n) is 11.3. The van der Waals surface area contributed by atoms with Crippen LogP contribution in [0.3, 0.4) is 0 Å². The summed E-state index contributed by atoms with van der Waals surface area (Å²) in [5, 5.41) is 3.26. The second kappa shape index (κ2) is 7.81. The van der Waals surface area contributed by atoms with Crippen LogP contribution in [-0.4, -0.2) is 18.8 Å². The van der Waals surface area contributed by atoms with E-state index in [1.54, 1.807) is 17.8 Å². The minimum Gasteiger partial charge on any atom is -0.316 e. The van der Waals surface area contributed by atoms with E-state index in [0.717, 1.165) is 15.8 Å². The van der Waals surface area contributed by atoms with Crippen molar-refractivity contribution in [2.45, 2.75) is 17.4 Å². The Morgan fingerprint density at radius 1 is 1.15 bits per heavy atom. The highest BCUT2D eigenvalue weighted by Crippen LogP contribution is 2.22. The van der Waals surface area contributed by atoms with Gasteiger partial charge in [0.05, 0.1) is 0 Å². The minimum absolute atomic E-state index is 0.124. The van der Waals surface area contributed by atoms with Crippen LogP contribution in [0, 0.1) is 5.82 Å². The molecule has 0 bridgehead atoms. The summed E-state index contributed by atoms with van der Waals surface area (Å²) in [7, 11) is 1.92. The highest BCUT2D eigenvalue weighted by atomic mass is 79.9. The van der Waals surface area contributed by atoms with E-state index in [2.05, 4.69) is 33.4 Å². The fraction of sp³-hybridized carbons (Fsp3) is 0.250. The molecule has 0 spiro atoms. The predicted molar refractivity (Wildman–Crippen MR) is 87.8 cm³/mol. The Balaban J connectivity index is 1.92. The van der Waals surface area contributed by atoms with Gasteiger partial charge in [0.25, 0.3) is 0 Å². The third-order valence-electron chi connectivity index (χ3n) is 3.10. The molecular weight excluding hydrogens is 337 g/mol. The van der Waals surface area contributed by atoms with Crippen LogP contribution in [0.25, 0.3) is 0 Å². The van der Waals surface area contributed by atoms with Gasteiger partial charge in [-0.1, -0.05) is 34.1 Å². The summed E-state index contributed by atoms with van der Waals surface area (Å²) >= 11 is 5.21. The molecule has 0 amide bonds. The van der Waals surface area contributed by atoms with E-state index in [4.69, 9.17) is 0 Å². The molecule has 1 unspecified atom stereocenters. The van der Waals surface area contributed by atoms with Crippen LogP contribution < -0.4 is 5.32 Å². The Kier molecular flexibility index (Phi) is 6.07. The fourth-order valence-corrected chi connectivity index (χ4v) is 3.17. The zero-order valence-corrected chi connectivity index (χ0v) is 13.7. The van der Waals surface area contributed by atoms with E-state index in [9.17, 15) is 4.39 Å². The normalized spacial score (nSPS) is 12.3. The van der Waals surface area contributed by atoms with E-state index >= 15 is 0 Å².